The van der Waals surface area contributed by atoms with Crippen LogP contribution >= 0.6 is 0 Å². The Morgan fingerprint density at radius 3 is 2.64 bits per heavy atom. The molecule has 0 bridgehead atoms. The van der Waals surface area contributed by atoms with Crippen LogP contribution in [-0.4, -0.2) is 59.2 Å². The third-order valence-electron chi connectivity index (χ3n) is 6.39. The monoisotopic (exact) mass is 506 g/mol. The van der Waals surface area contributed by atoms with Crippen molar-refractivity contribution in [2.24, 2.45) is 0 Å². The van der Waals surface area contributed by atoms with Gasteiger partial charge in [-0.15, -0.1) is 0 Å². The van der Waals surface area contributed by atoms with Crippen LogP contribution in [0, 0.1) is 5.82 Å². The van der Waals surface area contributed by atoms with E-state index in [4.69, 9.17) is 4.74 Å². The number of hydrogen-bond acceptors (Lipinski definition) is 4. The van der Waals surface area contributed by atoms with Gasteiger partial charge in [0.2, 0.25) is 0 Å². The molecule has 4 rings (SSSR count). The van der Waals surface area contributed by atoms with Crippen molar-refractivity contribution < 1.29 is 31.9 Å². The molecular weight excluding hydrogens is 480 g/mol. The van der Waals surface area contributed by atoms with Crippen molar-refractivity contribution in [1.82, 2.24) is 19.8 Å². The van der Waals surface area contributed by atoms with Crippen molar-refractivity contribution in [3.63, 3.8) is 0 Å². The summed E-state index contributed by atoms with van der Waals surface area (Å²) in [6.07, 6.45) is -0.524. The molecule has 7 nitrogen and oxygen atoms in total. The Hall–Kier alpha value is -3.47. The van der Waals surface area contributed by atoms with Crippen molar-refractivity contribution in [1.29, 1.82) is 0 Å². The van der Waals surface area contributed by atoms with Gasteiger partial charge in [-0.25, -0.2) is 9.37 Å². The first-order valence-electron chi connectivity index (χ1n) is 11.5. The van der Waals surface area contributed by atoms with Crippen molar-refractivity contribution in [3.05, 3.63) is 65.2 Å². The van der Waals surface area contributed by atoms with Crippen molar-refractivity contribution in [2.75, 3.05) is 26.8 Å². The molecule has 11 heteroatoms. The van der Waals surface area contributed by atoms with Crippen molar-refractivity contribution in [3.8, 4) is 0 Å². The fourth-order valence-electron chi connectivity index (χ4n) is 4.52. The lowest BCUT2D eigenvalue weighted by atomic mass is 9.88. The number of alkyl halides is 3. The first-order valence-corrected chi connectivity index (χ1v) is 11.5. The molecule has 36 heavy (non-hydrogen) atoms. The molecule has 1 N–H and O–H groups in total. The number of benzene rings is 1. The smallest absolute Gasteiger partial charge is 0.383 e. The van der Waals surface area contributed by atoms with E-state index in [1.165, 1.54) is 18.2 Å². The van der Waals surface area contributed by atoms with Gasteiger partial charge in [0.05, 0.1) is 12.2 Å². The second kappa shape index (κ2) is 10.7. The summed E-state index contributed by atoms with van der Waals surface area (Å²) < 4.78 is 58.9. The predicted molar refractivity (Wildman–Crippen MR) is 124 cm³/mol. The van der Waals surface area contributed by atoms with Gasteiger partial charge in [-0.3, -0.25) is 9.59 Å². The summed E-state index contributed by atoms with van der Waals surface area (Å²) in [5.74, 6) is -2.83. The average Bonchev–Trinajstić information content (AvgIpc) is 3.24. The van der Waals surface area contributed by atoms with E-state index >= 15 is 0 Å². The van der Waals surface area contributed by atoms with Crippen LogP contribution in [0.25, 0.3) is 11.0 Å². The number of methoxy groups -OCH3 is 1. The van der Waals surface area contributed by atoms with Gasteiger partial charge in [-0.05, 0) is 48.1 Å². The van der Waals surface area contributed by atoms with Crippen molar-refractivity contribution >= 4 is 22.8 Å². The van der Waals surface area contributed by atoms with Crippen molar-refractivity contribution in [2.45, 2.75) is 38.0 Å². The maximum Gasteiger partial charge on any atom is 0.471 e. The Labute approximate surface area is 205 Å². The van der Waals surface area contributed by atoms with Gasteiger partial charge in [-0.2, -0.15) is 13.2 Å². The molecule has 0 spiro atoms. The van der Waals surface area contributed by atoms with Crippen LogP contribution in [0.2, 0.25) is 0 Å². The molecule has 1 aliphatic heterocycles. The number of aromatic nitrogens is 2. The Morgan fingerprint density at radius 2 is 1.94 bits per heavy atom. The molecule has 0 saturated carbocycles. The molecule has 192 valence electrons. The van der Waals surface area contributed by atoms with E-state index in [-0.39, 0.29) is 18.4 Å². The van der Waals surface area contributed by atoms with Crippen LogP contribution in [0.1, 0.15) is 40.2 Å². The molecule has 2 amide bonds. The normalized spacial score (nSPS) is 14.9. The molecular formula is C25H26F4N4O3. The first kappa shape index (κ1) is 25.6. The average molecular weight is 507 g/mol. The first-order chi connectivity index (χ1) is 17.2. The van der Waals surface area contributed by atoms with E-state index in [2.05, 4.69) is 4.98 Å². The number of halogens is 4. The van der Waals surface area contributed by atoms with Crippen LogP contribution in [0.4, 0.5) is 17.6 Å². The molecule has 2 aromatic heterocycles. The highest BCUT2D eigenvalue weighted by molar-refractivity contribution is 6.06. The lowest BCUT2D eigenvalue weighted by Gasteiger charge is -2.32. The Morgan fingerprint density at radius 1 is 1.19 bits per heavy atom. The van der Waals surface area contributed by atoms with E-state index in [9.17, 15) is 27.2 Å². The topological polar surface area (TPSA) is 76.5 Å². The molecule has 0 radical (unpaired) electrons. The number of ether oxygens (including phenoxy) is 1. The van der Waals surface area contributed by atoms with E-state index in [1.54, 1.807) is 35.8 Å². The number of nitrogens with one attached hydrogen (secondary N) is 1. The number of fused-ring (bicyclic) bond motifs is 1. The summed E-state index contributed by atoms with van der Waals surface area (Å²) >= 11 is 0. The third-order valence-corrected chi connectivity index (χ3v) is 6.39. The SMILES string of the molecule is COCCn1cc(C(=O)N2CCC(c3cc(CNC(=O)C(F)(F)F)ccc3F)CC2)c2cccnc21. The van der Waals surface area contributed by atoms with E-state index < -0.39 is 17.9 Å². The predicted octanol–water partition coefficient (Wildman–Crippen LogP) is 4.02. The maximum absolute atomic E-state index is 14.6. The summed E-state index contributed by atoms with van der Waals surface area (Å²) in [4.78, 5) is 30.6. The number of likely N-dealkylation sites (tertiary alicyclic amines) is 1. The molecule has 3 heterocycles. The van der Waals surface area contributed by atoms with Gasteiger partial charge in [0, 0.05) is 51.1 Å². The molecule has 1 aromatic carbocycles. The van der Waals surface area contributed by atoms with Gasteiger partial charge in [0.1, 0.15) is 11.5 Å². The Balaban J connectivity index is 1.44. The quantitative estimate of drug-likeness (QED) is 0.492. The maximum atomic E-state index is 14.6. The lowest BCUT2D eigenvalue weighted by molar-refractivity contribution is -0.173. The zero-order valence-electron chi connectivity index (χ0n) is 19.6. The molecule has 0 unspecified atom stereocenters. The highest BCUT2D eigenvalue weighted by Crippen LogP contribution is 2.32. The van der Waals surface area contributed by atoms with E-state index in [0.717, 1.165) is 5.39 Å². The molecule has 0 atom stereocenters. The molecule has 1 saturated heterocycles. The third kappa shape index (κ3) is 5.51. The van der Waals surface area contributed by atoms with Crippen LogP contribution in [0.5, 0.6) is 0 Å². The molecule has 1 fully saturated rings. The second-order valence-electron chi connectivity index (χ2n) is 8.71. The fraction of sp³-hybridized carbons (Fsp3) is 0.400. The molecule has 0 aliphatic carbocycles. The lowest BCUT2D eigenvalue weighted by Crippen LogP contribution is -2.38. The highest BCUT2D eigenvalue weighted by Gasteiger charge is 2.38. The summed E-state index contributed by atoms with van der Waals surface area (Å²) in [7, 11) is 1.60. The van der Waals surface area contributed by atoms with Gasteiger partial charge in [-0.1, -0.05) is 12.1 Å². The minimum absolute atomic E-state index is 0.133. The highest BCUT2D eigenvalue weighted by atomic mass is 19.4. The van der Waals surface area contributed by atoms with Gasteiger partial charge >= 0.3 is 12.1 Å². The number of nitrogens with zero attached hydrogens (tertiary/aromatic N) is 3. The summed E-state index contributed by atoms with van der Waals surface area (Å²) in [6.45, 7) is 1.48. The van der Waals surface area contributed by atoms with E-state index in [0.29, 0.717) is 61.4 Å². The number of rotatable bonds is 7. The van der Waals surface area contributed by atoms with E-state index in [1.807, 2.05) is 10.6 Å². The number of amides is 2. The summed E-state index contributed by atoms with van der Waals surface area (Å²) in [5, 5.41) is 2.55. The standard InChI is InChI=1S/C25H26F4N4O3/c1-36-12-11-33-15-20(18-3-2-8-30-22(18)33)23(34)32-9-6-17(7-10-32)19-13-16(4-5-21(19)26)14-31-24(35)25(27,28)29/h2-5,8,13,15,17H,6-7,9-12,14H2,1H3,(H,31,35). The van der Waals surface area contributed by atoms with Crippen LogP contribution in [0.15, 0.2) is 42.7 Å². The largest absolute Gasteiger partial charge is 0.471 e. The molecule has 3 aromatic rings. The van der Waals surface area contributed by atoms with Gasteiger partial charge in [0.15, 0.2) is 0 Å². The Kier molecular flexibility index (Phi) is 7.58. The van der Waals surface area contributed by atoms with Crippen LogP contribution in [0.3, 0.4) is 0 Å². The number of piperidine rings is 1. The number of pyridine rings is 1. The summed E-state index contributed by atoms with van der Waals surface area (Å²) in [5.41, 5.74) is 1.99. The number of hydrogen-bond donors (Lipinski definition) is 1. The zero-order valence-corrected chi connectivity index (χ0v) is 19.6. The number of carbonyl (C=O) groups is 2. The minimum atomic E-state index is -4.98. The van der Waals surface area contributed by atoms with Crippen LogP contribution in [-0.2, 0) is 22.6 Å². The summed E-state index contributed by atoms with van der Waals surface area (Å²) in [6, 6.07) is 7.66. The van der Waals surface area contributed by atoms with Gasteiger partial charge < -0.3 is 19.5 Å². The Bertz CT molecular complexity index is 1250. The minimum Gasteiger partial charge on any atom is -0.383 e. The van der Waals surface area contributed by atoms with Gasteiger partial charge in [0.25, 0.3) is 5.91 Å². The fourth-order valence-corrected chi connectivity index (χ4v) is 4.52. The zero-order chi connectivity index (χ0) is 25.9. The molecule has 1 aliphatic rings. The number of carbonyl (C=O) groups excluding carboxylic acids is 2. The van der Waals surface area contributed by atoms with Crippen LogP contribution < -0.4 is 5.32 Å². The second-order valence-corrected chi connectivity index (χ2v) is 8.71.